The van der Waals surface area contributed by atoms with Crippen LogP contribution in [0.5, 0.6) is 0 Å². The largest absolute Gasteiger partial charge is 0.317 e. The molecule has 0 aliphatic rings. The maximum absolute atomic E-state index is 5.61. The van der Waals surface area contributed by atoms with Crippen molar-refractivity contribution in [1.29, 1.82) is 0 Å². The van der Waals surface area contributed by atoms with E-state index in [2.05, 4.69) is 32.7 Å². The molecule has 0 rings (SSSR count). The molecule has 0 unspecified atom stereocenters. The highest BCUT2D eigenvalue weighted by Gasteiger charge is 2.01. The molecule has 90 valence electrons. The van der Waals surface area contributed by atoms with E-state index in [-0.39, 0.29) is 0 Å². The first-order valence-corrected chi connectivity index (χ1v) is 6.34. The van der Waals surface area contributed by atoms with Crippen molar-refractivity contribution < 1.29 is 0 Å². The van der Waals surface area contributed by atoms with Crippen LogP contribution in [0.15, 0.2) is 23.3 Å². The highest BCUT2D eigenvalue weighted by atomic mass is 14.8. The zero-order chi connectivity index (χ0) is 12.4. The zero-order valence-corrected chi connectivity index (χ0v) is 11.2. The van der Waals surface area contributed by atoms with Gasteiger partial charge in [-0.2, -0.15) is 0 Å². The Kier molecular flexibility index (Phi) is 9.41. The smallest absolute Gasteiger partial charge is 0.0657 e. The van der Waals surface area contributed by atoms with Crippen LogP contribution in [0, 0.1) is 0 Å². The average molecular weight is 219 g/mol. The lowest BCUT2D eigenvalue weighted by molar-refractivity contribution is 0.694. The van der Waals surface area contributed by atoms with Gasteiger partial charge in [-0.25, -0.2) is 0 Å². The van der Waals surface area contributed by atoms with E-state index in [4.69, 9.17) is 7.85 Å². The summed E-state index contributed by atoms with van der Waals surface area (Å²) in [6, 6.07) is 0. The van der Waals surface area contributed by atoms with Crippen molar-refractivity contribution in [2.75, 3.05) is 13.1 Å². The van der Waals surface area contributed by atoms with Crippen molar-refractivity contribution in [1.82, 2.24) is 5.32 Å². The van der Waals surface area contributed by atoms with Crippen molar-refractivity contribution in [2.45, 2.75) is 52.8 Å². The molecule has 0 aromatic heterocycles. The summed E-state index contributed by atoms with van der Waals surface area (Å²) in [7, 11) is 5.61. The fraction of sp³-hybridized carbons (Fsp3) is 0.714. The maximum Gasteiger partial charge on any atom is 0.0657 e. The van der Waals surface area contributed by atoms with E-state index in [9.17, 15) is 0 Å². The Bertz CT molecular complexity index is 227. The molecule has 0 atom stereocenters. The van der Waals surface area contributed by atoms with E-state index in [1.54, 1.807) is 0 Å². The van der Waals surface area contributed by atoms with Gasteiger partial charge in [-0.3, -0.25) is 0 Å². The summed E-state index contributed by atoms with van der Waals surface area (Å²) in [5, 5.41) is 3.32. The van der Waals surface area contributed by atoms with Gasteiger partial charge in [-0.15, -0.1) is 0 Å². The molecule has 0 spiro atoms. The van der Waals surface area contributed by atoms with Crippen LogP contribution < -0.4 is 5.32 Å². The first-order chi connectivity index (χ1) is 7.61. The van der Waals surface area contributed by atoms with E-state index >= 15 is 0 Å². The third-order valence-corrected chi connectivity index (χ3v) is 2.84. The van der Waals surface area contributed by atoms with Gasteiger partial charge in [0.1, 0.15) is 0 Å². The third kappa shape index (κ3) is 7.75. The molecule has 1 N–H and O–H groups in total. The van der Waals surface area contributed by atoms with E-state index < -0.39 is 0 Å². The monoisotopic (exact) mass is 219 g/mol. The van der Waals surface area contributed by atoms with Crippen LogP contribution >= 0.6 is 0 Å². The fourth-order valence-corrected chi connectivity index (χ4v) is 1.69. The Morgan fingerprint density at radius 3 is 2.31 bits per heavy atom. The highest BCUT2D eigenvalue weighted by molar-refractivity contribution is 6.08. The van der Waals surface area contributed by atoms with Crippen LogP contribution in [0.3, 0.4) is 0 Å². The van der Waals surface area contributed by atoms with Crippen molar-refractivity contribution >= 4 is 7.85 Å². The lowest BCUT2D eigenvalue weighted by atomic mass is 9.91. The van der Waals surface area contributed by atoms with Gasteiger partial charge in [0, 0.05) is 0 Å². The molecule has 0 bridgehead atoms. The summed E-state index contributed by atoms with van der Waals surface area (Å²) in [6.07, 6.45) is 5.11. The van der Waals surface area contributed by atoms with Gasteiger partial charge in [0.05, 0.1) is 7.85 Å². The Morgan fingerprint density at radius 2 is 1.81 bits per heavy atom. The molecule has 1 nitrogen and oxygen atoms in total. The van der Waals surface area contributed by atoms with E-state index in [0.717, 1.165) is 45.1 Å². The van der Waals surface area contributed by atoms with Crippen molar-refractivity contribution in [3.05, 3.63) is 23.3 Å². The molecule has 0 fully saturated rings. The summed E-state index contributed by atoms with van der Waals surface area (Å²) in [5.74, 6) is 0. The summed E-state index contributed by atoms with van der Waals surface area (Å²) < 4.78 is 0. The molecule has 0 aromatic carbocycles. The molecule has 0 amide bonds. The highest BCUT2D eigenvalue weighted by Crippen LogP contribution is 2.19. The zero-order valence-electron chi connectivity index (χ0n) is 11.2. The third-order valence-electron chi connectivity index (χ3n) is 2.84. The normalized spacial score (nSPS) is 10.2. The minimum atomic E-state index is 0.754. The second kappa shape index (κ2) is 9.71. The summed E-state index contributed by atoms with van der Waals surface area (Å²) >= 11 is 0. The molecule has 0 saturated heterocycles. The number of nitrogens with one attached hydrogen (secondary N) is 1. The molecule has 0 heterocycles. The summed E-state index contributed by atoms with van der Waals surface area (Å²) in [5.41, 5.74) is 4.27. The number of hydrogen-bond acceptors (Lipinski definition) is 1. The van der Waals surface area contributed by atoms with Crippen LogP contribution in [0.25, 0.3) is 0 Å². The molecule has 0 aromatic rings. The van der Waals surface area contributed by atoms with E-state index in [1.165, 1.54) is 16.7 Å². The standard InChI is InChI=1S/C14H26BN/c1-5-16-11-9-13(4)6-7-14(8-10-15)12(2)3/h16H,4-11H2,1-3H3. The first-order valence-electron chi connectivity index (χ1n) is 6.34. The van der Waals surface area contributed by atoms with Gasteiger partial charge >= 0.3 is 0 Å². The van der Waals surface area contributed by atoms with Gasteiger partial charge in [0.2, 0.25) is 0 Å². The summed E-state index contributed by atoms with van der Waals surface area (Å²) in [4.78, 5) is 0. The van der Waals surface area contributed by atoms with Crippen LogP contribution in [0.1, 0.15) is 46.5 Å². The van der Waals surface area contributed by atoms with Crippen LogP contribution in [-0.4, -0.2) is 20.9 Å². The van der Waals surface area contributed by atoms with Gasteiger partial charge in [0.15, 0.2) is 0 Å². The van der Waals surface area contributed by atoms with Crippen LogP contribution in [0.4, 0.5) is 0 Å². The van der Waals surface area contributed by atoms with Gasteiger partial charge in [-0.05, 0) is 52.6 Å². The SMILES string of the molecule is [B]CCC(CCC(=C)CCNCC)=C(C)C. The van der Waals surface area contributed by atoms with E-state index in [1.807, 2.05) is 0 Å². The second-order valence-electron chi connectivity index (χ2n) is 4.50. The minimum absolute atomic E-state index is 0.754. The van der Waals surface area contributed by atoms with Crippen LogP contribution in [-0.2, 0) is 0 Å². The Labute approximate surface area is 103 Å². The predicted octanol–water partition coefficient (Wildman–Crippen LogP) is 3.64. The predicted molar refractivity (Wildman–Crippen MR) is 75.1 cm³/mol. The quantitative estimate of drug-likeness (QED) is 0.354. The van der Waals surface area contributed by atoms with Crippen molar-refractivity contribution in [3.63, 3.8) is 0 Å². The Morgan fingerprint density at radius 1 is 1.12 bits per heavy atom. The topological polar surface area (TPSA) is 12.0 Å². The second-order valence-corrected chi connectivity index (χ2v) is 4.50. The minimum Gasteiger partial charge on any atom is -0.317 e. The molecule has 2 radical (unpaired) electrons. The van der Waals surface area contributed by atoms with Crippen molar-refractivity contribution in [3.8, 4) is 0 Å². The molecule has 0 saturated carbocycles. The van der Waals surface area contributed by atoms with Crippen LogP contribution in [0.2, 0.25) is 6.32 Å². The molecular formula is C14H26BN. The number of hydrogen-bond donors (Lipinski definition) is 1. The van der Waals surface area contributed by atoms with Crippen molar-refractivity contribution in [2.24, 2.45) is 0 Å². The van der Waals surface area contributed by atoms with Gasteiger partial charge in [0.25, 0.3) is 0 Å². The lowest BCUT2D eigenvalue weighted by Crippen LogP contribution is -2.14. The Balaban J connectivity index is 3.84. The molecule has 2 heteroatoms. The lowest BCUT2D eigenvalue weighted by Gasteiger charge is -2.11. The molecule has 16 heavy (non-hydrogen) atoms. The average Bonchev–Trinajstić information content (AvgIpc) is 2.24. The van der Waals surface area contributed by atoms with E-state index in [0.29, 0.717) is 0 Å². The van der Waals surface area contributed by atoms with Gasteiger partial charge < -0.3 is 5.32 Å². The molecule has 0 aliphatic carbocycles. The first kappa shape index (κ1) is 15.5. The molecular weight excluding hydrogens is 193 g/mol. The maximum atomic E-state index is 5.61. The number of allylic oxidation sites excluding steroid dienone is 2. The van der Waals surface area contributed by atoms with Gasteiger partial charge in [-0.1, -0.05) is 36.5 Å². The Hall–Kier alpha value is -0.495. The summed E-state index contributed by atoms with van der Waals surface area (Å²) in [6.45, 7) is 12.7. The fourth-order valence-electron chi connectivity index (χ4n) is 1.69. The number of rotatable bonds is 9. The molecule has 0 aliphatic heterocycles.